The van der Waals surface area contributed by atoms with Gasteiger partial charge >= 0.3 is 12.4 Å². The van der Waals surface area contributed by atoms with E-state index in [1.54, 1.807) is 30.5 Å². The van der Waals surface area contributed by atoms with E-state index < -0.39 is 35.9 Å². The van der Waals surface area contributed by atoms with Crippen LogP contribution in [0.15, 0.2) is 47.6 Å². The van der Waals surface area contributed by atoms with Crippen LogP contribution >= 0.6 is 11.8 Å². The maximum absolute atomic E-state index is 13.8. The van der Waals surface area contributed by atoms with Gasteiger partial charge in [0.1, 0.15) is 11.3 Å². The Morgan fingerprint density at radius 1 is 1.03 bits per heavy atom. The number of ether oxygens (including phenoxy) is 2. The smallest absolute Gasteiger partial charge is 0.416 e. The number of amides is 1. The summed E-state index contributed by atoms with van der Waals surface area (Å²) in [4.78, 5) is 23.8. The quantitative estimate of drug-likeness (QED) is 0.207. The Morgan fingerprint density at radius 3 is 2.29 bits per heavy atom. The zero-order chi connectivity index (χ0) is 27.7. The highest BCUT2D eigenvalue weighted by Crippen LogP contribution is 2.39. The molecule has 0 atom stereocenters. The van der Waals surface area contributed by atoms with Crippen LogP contribution in [0.3, 0.4) is 0 Å². The second-order valence-electron chi connectivity index (χ2n) is 8.28. The summed E-state index contributed by atoms with van der Waals surface area (Å²) in [6.07, 6.45) is -8.00. The van der Waals surface area contributed by atoms with Gasteiger partial charge in [-0.2, -0.15) is 31.3 Å². The summed E-state index contributed by atoms with van der Waals surface area (Å²) in [5, 5.41) is 0.303. The standard InChI is InChI=1S/C25H21F6N3O3S/c1-36-18-7-4-3-6-17(18)20-19-21(33-23(32-20)38-2)37-9-5-8-34(22(19)35)13-14-10-15(24(26,27)28)12-16(11-14)25(29,30)31/h3-4,6-7,10-12H,5,8-9,13H2,1-2H3. The average molecular weight is 558 g/mol. The molecule has 0 aliphatic carbocycles. The van der Waals surface area contributed by atoms with E-state index in [1.807, 2.05) is 0 Å². The lowest BCUT2D eigenvalue weighted by molar-refractivity contribution is -0.143. The topological polar surface area (TPSA) is 64.6 Å². The van der Waals surface area contributed by atoms with E-state index in [0.29, 0.717) is 28.6 Å². The molecule has 0 saturated heterocycles. The van der Waals surface area contributed by atoms with E-state index in [0.717, 1.165) is 0 Å². The molecule has 0 spiro atoms. The predicted molar refractivity (Wildman–Crippen MR) is 127 cm³/mol. The molecule has 0 saturated carbocycles. The zero-order valence-electron chi connectivity index (χ0n) is 20.1. The first-order valence-corrected chi connectivity index (χ1v) is 12.4. The fraction of sp³-hybridized carbons (Fsp3) is 0.320. The molecule has 38 heavy (non-hydrogen) atoms. The molecule has 2 aromatic carbocycles. The van der Waals surface area contributed by atoms with Crippen molar-refractivity contribution >= 4 is 17.7 Å². The SMILES string of the molecule is COc1ccccc1-c1nc(SC)nc2c1C(=O)N(Cc1cc(C(F)(F)F)cc(C(F)(F)F)c1)CCCO2. The molecule has 4 rings (SSSR count). The van der Waals surface area contributed by atoms with E-state index in [-0.39, 0.29) is 48.3 Å². The lowest BCUT2D eigenvalue weighted by atomic mass is 10.0. The van der Waals surface area contributed by atoms with Crippen molar-refractivity contribution in [1.82, 2.24) is 14.9 Å². The second kappa shape index (κ2) is 10.7. The maximum Gasteiger partial charge on any atom is 0.416 e. The van der Waals surface area contributed by atoms with E-state index >= 15 is 0 Å². The molecule has 0 unspecified atom stereocenters. The number of carbonyl (C=O) groups excluding carboxylic acids is 1. The van der Waals surface area contributed by atoms with Crippen molar-refractivity contribution in [2.24, 2.45) is 0 Å². The number of rotatable bonds is 5. The van der Waals surface area contributed by atoms with Crippen molar-refractivity contribution in [2.75, 3.05) is 26.5 Å². The molecule has 0 radical (unpaired) electrons. The van der Waals surface area contributed by atoms with Crippen LogP contribution in [-0.4, -0.2) is 47.3 Å². The first kappa shape index (κ1) is 27.6. The van der Waals surface area contributed by atoms with E-state index in [1.165, 1.54) is 23.8 Å². The summed E-state index contributed by atoms with van der Waals surface area (Å²) in [6, 6.07) is 8.05. The summed E-state index contributed by atoms with van der Waals surface area (Å²) in [5.41, 5.74) is -2.66. The zero-order valence-corrected chi connectivity index (χ0v) is 20.9. The van der Waals surface area contributed by atoms with E-state index in [2.05, 4.69) is 9.97 Å². The molecule has 0 fully saturated rings. The van der Waals surface area contributed by atoms with Crippen molar-refractivity contribution in [3.05, 3.63) is 64.7 Å². The van der Waals surface area contributed by atoms with Gasteiger partial charge in [0.05, 0.1) is 30.5 Å². The number of hydrogen-bond acceptors (Lipinski definition) is 6. The van der Waals surface area contributed by atoms with Crippen molar-refractivity contribution in [2.45, 2.75) is 30.5 Å². The Balaban J connectivity index is 1.83. The van der Waals surface area contributed by atoms with Gasteiger partial charge in [-0.1, -0.05) is 23.9 Å². The fourth-order valence-electron chi connectivity index (χ4n) is 4.01. The lowest BCUT2D eigenvalue weighted by Gasteiger charge is -2.28. The van der Waals surface area contributed by atoms with Gasteiger partial charge in [-0.3, -0.25) is 4.79 Å². The number of methoxy groups -OCH3 is 1. The second-order valence-corrected chi connectivity index (χ2v) is 9.06. The molecule has 6 nitrogen and oxygen atoms in total. The molecule has 0 N–H and O–H groups in total. The molecule has 1 aliphatic heterocycles. The molecule has 2 heterocycles. The summed E-state index contributed by atoms with van der Waals surface area (Å²) in [5.74, 6) is -0.325. The number of carbonyl (C=O) groups is 1. The highest BCUT2D eigenvalue weighted by atomic mass is 32.2. The monoisotopic (exact) mass is 557 g/mol. The van der Waals surface area contributed by atoms with Gasteiger partial charge in [-0.25, -0.2) is 4.98 Å². The molecule has 1 aromatic heterocycles. The summed E-state index contributed by atoms with van der Waals surface area (Å²) in [7, 11) is 1.44. The third kappa shape index (κ3) is 5.82. The highest BCUT2D eigenvalue weighted by molar-refractivity contribution is 7.98. The molecule has 202 valence electrons. The Hall–Kier alpha value is -3.48. The van der Waals surface area contributed by atoms with Crippen LogP contribution in [-0.2, 0) is 18.9 Å². The Labute approximate surface area is 218 Å². The molecule has 0 bridgehead atoms. The summed E-state index contributed by atoms with van der Waals surface area (Å²) >= 11 is 1.21. The molecular formula is C25H21F6N3O3S. The fourth-order valence-corrected chi connectivity index (χ4v) is 4.37. The minimum absolute atomic E-state index is 0.0194. The normalized spacial score (nSPS) is 14.4. The average Bonchev–Trinajstić information content (AvgIpc) is 2.87. The number of benzene rings is 2. The summed E-state index contributed by atoms with van der Waals surface area (Å²) in [6.45, 7) is -0.365. The number of halogens is 6. The third-order valence-corrected chi connectivity index (χ3v) is 6.28. The molecule has 1 aliphatic rings. The number of hydrogen-bond donors (Lipinski definition) is 0. The number of nitrogens with zero attached hydrogens (tertiary/aromatic N) is 3. The van der Waals surface area contributed by atoms with Crippen LogP contribution in [0, 0.1) is 0 Å². The van der Waals surface area contributed by atoms with Crippen LogP contribution in [0.1, 0.15) is 33.5 Å². The number of fused-ring (bicyclic) bond motifs is 1. The minimum atomic E-state index is -5.00. The van der Waals surface area contributed by atoms with Crippen LogP contribution < -0.4 is 9.47 Å². The van der Waals surface area contributed by atoms with Gasteiger partial charge in [0, 0.05) is 18.7 Å². The Bertz CT molecular complexity index is 1310. The van der Waals surface area contributed by atoms with E-state index in [4.69, 9.17) is 9.47 Å². The highest BCUT2D eigenvalue weighted by Gasteiger charge is 2.37. The third-order valence-electron chi connectivity index (χ3n) is 5.73. The van der Waals surface area contributed by atoms with Crippen LogP contribution in [0.4, 0.5) is 26.3 Å². The van der Waals surface area contributed by atoms with Gasteiger partial charge < -0.3 is 14.4 Å². The molecule has 13 heteroatoms. The predicted octanol–water partition coefficient (Wildman–Crippen LogP) is 6.34. The van der Waals surface area contributed by atoms with E-state index in [9.17, 15) is 31.1 Å². The van der Waals surface area contributed by atoms with Crippen molar-refractivity contribution in [3.8, 4) is 22.9 Å². The first-order chi connectivity index (χ1) is 17.9. The summed E-state index contributed by atoms with van der Waals surface area (Å²) < 4.78 is 91.5. The maximum atomic E-state index is 13.8. The molecular weight excluding hydrogens is 536 g/mol. The molecule has 3 aromatic rings. The van der Waals surface area contributed by atoms with Gasteiger partial charge in [0.25, 0.3) is 5.91 Å². The van der Waals surface area contributed by atoms with Crippen LogP contribution in [0.2, 0.25) is 0 Å². The van der Waals surface area contributed by atoms with Crippen LogP contribution in [0.25, 0.3) is 11.3 Å². The van der Waals surface area contributed by atoms with Gasteiger partial charge in [0.15, 0.2) is 5.16 Å². The Kier molecular flexibility index (Phi) is 7.77. The van der Waals surface area contributed by atoms with Gasteiger partial charge in [-0.05, 0) is 48.6 Å². The largest absolute Gasteiger partial charge is 0.496 e. The van der Waals surface area contributed by atoms with Crippen molar-refractivity contribution in [1.29, 1.82) is 0 Å². The van der Waals surface area contributed by atoms with Crippen molar-refractivity contribution < 1.29 is 40.6 Å². The number of para-hydroxylation sites is 1. The van der Waals surface area contributed by atoms with Crippen molar-refractivity contribution in [3.63, 3.8) is 0 Å². The first-order valence-electron chi connectivity index (χ1n) is 11.2. The molecule has 1 amide bonds. The number of thioether (sulfide) groups is 1. The van der Waals surface area contributed by atoms with Crippen LogP contribution in [0.5, 0.6) is 11.6 Å². The number of alkyl halides is 6. The lowest BCUT2D eigenvalue weighted by Crippen LogP contribution is -2.35. The Morgan fingerprint density at radius 2 is 1.68 bits per heavy atom. The minimum Gasteiger partial charge on any atom is -0.496 e. The van der Waals surface area contributed by atoms with Gasteiger partial charge in [-0.15, -0.1) is 0 Å². The van der Waals surface area contributed by atoms with Gasteiger partial charge in [0.2, 0.25) is 5.88 Å². The number of aromatic nitrogens is 2.